The van der Waals surface area contributed by atoms with Gasteiger partial charge in [-0.1, -0.05) is 31.4 Å². The average molecular weight is 561 g/mol. The van der Waals surface area contributed by atoms with Crippen LogP contribution in [0.25, 0.3) is 0 Å². The normalized spacial score (nSPS) is 15.5. The second-order valence-corrected chi connectivity index (χ2v) is 11.1. The number of benzene rings is 2. The average Bonchev–Trinajstić information content (AvgIpc) is 3.24. The molecule has 5 rings (SSSR count). The summed E-state index contributed by atoms with van der Waals surface area (Å²) in [7, 11) is 5.32. The van der Waals surface area contributed by atoms with E-state index in [1.54, 1.807) is 14.2 Å². The number of nitrogens with zero attached hydrogens (tertiary/aromatic N) is 5. The summed E-state index contributed by atoms with van der Waals surface area (Å²) in [5.74, 6) is 2.82. The fraction of sp³-hybridized carbons (Fsp3) is 0.500. The lowest BCUT2D eigenvalue weighted by atomic mass is 10.1. The summed E-state index contributed by atoms with van der Waals surface area (Å²) in [5, 5.41) is 7.84. The zero-order valence-corrected chi connectivity index (χ0v) is 24.8. The number of hydrogen-bond acceptors (Lipinski definition) is 7. The van der Waals surface area contributed by atoms with E-state index in [-0.39, 0.29) is 5.91 Å². The molecule has 3 aromatic rings. The molecule has 0 atom stereocenters. The number of nitrogens with one attached hydrogen (secondary N) is 1. The fourth-order valence-corrected chi connectivity index (χ4v) is 5.84. The van der Waals surface area contributed by atoms with E-state index in [0.29, 0.717) is 13.0 Å². The molecule has 2 aliphatic rings. The van der Waals surface area contributed by atoms with Gasteiger partial charge in [-0.05, 0) is 49.2 Å². The largest absolute Gasteiger partial charge is 0.497 e. The third kappa shape index (κ3) is 7.40. The van der Waals surface area contributed by atoms with Crippen LogP contribution in [0.2, 0.25) is 0 Å². The van der Waals surface area contributed by atoms with Crippen LogP contribution in [0, 0.1) is 0 Å². The number of anilines is 3. The van der Waals surface area contributed by atoms with Gasteiger partial charge in [0.05, 0.1) is 38.3 Å². The summed E-state index contributed by atoms with van der Waals surface area (Å²) in [6.07, 6.45) is 8.06. The number of aromatic nitrogens is 2. The zero-order valence-electron chi connectivity index (χ0n) is 24.8. The standard InChI is InChI=1S/C32H44N6O3/c1-35-32-26(22-33-35)24-38(30-12-9-8-11-29(30)34-32)31(39)13-7-5-4-6-10-14-36-15-17-37(18-16-36)23-25-19-27(40-2)21-28(20-25)41-3/h8-9,11-12,19-22,34H,4-7,10,13-18,23-24H2,1-3H3. The Kier molecular flexibility index (Phi) is 9.80. The Bertz CT molecular complexity index is 1280. The van der Waals surface area contributed by atoms with Crippen molar-refractivity contribution >= 4 is 23.1 Å². The minimum absolute atomic E-state index is 0.182. The monoisotopic (exact) mass is 560 g/mol. The highest BCUT2D eigenvalue weighted by Gasteiger charge is 2.25. The second kappa shape index (κ2) is 13.9. The Hall–Kier alpha value is -3.56. The Morgan fingerprint density at radius 1 is 0.902 bits per heavy atom. The third-order valence-corrected chi connectivity index (χ3v) is 8.24. The lowest BCUT2D eigenvalue weighted by Gasteiger charge is -2.34. The maximum absolute atomic E-state index is 13.3. The molecule has 3 heterocycles. The minimum atomic E-state index is 0.182. The summed E-state index contributed by atoms with van der Waals surface area (Å²) < 4.78 is 12.7. The van der Waals surface area contributed by atoms with E-state index in [1.807, 2.05) is 53.2 Å². The lowest BCUT2D eigenvalue weighted by Crippen LogP contribution is -2.46. The van der Waals surface area contributed by atoms with E-state index in [0.717, 1.165) is 86.4 Å². The first kappa shape index (κ1) is 29.0. The Balaban J connectivity index is 0.981. The van der Waals surface area contributed by atoms with Crippen molar-refractivity contribution in [3.05, 3.63) is 59.8 Å². The summed E-state index contributed by atoms with van der Waals surface area (Å²) in [6, 6.07) is 14.2. The molecule has 0 bridgehead atoms. The number of piperazine rings is 1. The first-order chi connectivity index (χ1) is 20.0. The molecule has 1 aromatic heterocycles. The number of methoxy groups -OCH3 is 2. The number of unbranched alkanes of at least 4 members (excludes halogenated alkanes) is 4. The van der Waals surface area contributed by atoms with Gasteiger partial charge in [-0.3, -0.25) is 14.4 Å². The van der Waals surface area contributed by atoms with E-state index in [9.17, 15) is 4.79 Å². The topological polar surface area (TPSA) is 75.1 Å². The highest BCUT2D eigenvalue weighted by molar-refractivity contribution is 5.98. The predicted octanol–water partition coefficient (Wildman–Crippen LogP) is 5.19. The SMILES string of the molecule is COc1cc(CN2CCN(CCCCCCCC(=O)N3Cc4cnn(C)c4Nc4ccccc43)CC2)cc(OC)c1. The summed E-state index contributed by atoms with van der Waals surface area (Å²) in [4.78, 5) is 20.3. The van der Waals surface area contributed by atoms with E-state index in [4.69, 9.17) is 9.47 Å². The molecule has 41 heavy (non-hydrogen) atoms. The van der Waals surface area contributed by atoms with Crippen LogP contribution in [0.15, 0.2) is 48.7 Å². The Morgan fingerprint density at radius 3 is 2.34 bits per heavy atom. The third-order valence-electron chi connectivity index (χ3n) is 8.24. The predicted molar refractivity (Wildman–Crippen MR) is 163 cm³/mol. The second-order valence-electron chi connectivity index (χ2n) is 11.1. The van der Waals surface area contributed by atoms with Crippen molar-refractivity contribution in [2.24, 2.45) is 7.05 Å². The Morgan fingerprint density at radius 2 is 1.59 bits per heavy atom. The molecule has 0 unspecified atom stereocenters. The van der Waals surface area contributed by atoms with Crippen LogP contribution in [0.4, 0.5) is 17.2 Å². The van der Waals surface area contributed by atoms with Crippen molar-refractivity contribution in [2.75, 3.05) is 57.2 Å². The number of ether oxygens (including phenoxy) is 2. The number of carbonyl (C=O) groups is 1. The number of fused-ring (bicyclic) bond motifs is 2. The van der Waals surface area contributed by atoms with Crippen molar-refractivity contribution in [1.82, 2.24) is 19.6 Å². The van der Waals surface area contributed by atoms with Gasteiger partial charge in [0.15, 0.2) is 0 Å². The number of carbonyl (C=O) groups excluding carboxylic acids is 1. The van der Waals surface area contributed by atoms with Crippen LogP contribution < -0.4 is 19.7 Å². The van der Waals surface area contributed by atoms with Crippen molar-refractivity contribution in [1.29, 1.82) is 0 Å². The van der Waals surface area contributed by atoms with E-state index in [1.165, 1.54) is 24.8 Å². The van der Waals surface area contributed by atoms with Crippen LogP contribution in [-0.2, 0) is 24.9 Å². The molecule has 0 radical (unpaired) electrons. The number of aryl methyl sites for hydroxylation is 1. The van der Waals surface area contributed by atoms with E-state index in [2.05, 4.69) is 32.3 Å². The number of para-hydroxylation sites is 2. The molecular formula is C32H44N6O3. The van der Waals surface area contributed by atoms with Gasteiger partial charge in [0.2, 0.25) is 5.91 Å². The van der Waals surface area contributed by atoms with Gasteiger partial charge in [0.25, 0.3) is 0 Å². The molecule has 0 saturated carbocycles. The van der Waals surface area contributed by atoms with Crippen molar-refractivity contribution in [2.45, 2.75) is 51.6 Å². The van der Waals surface area contributed by atoms with Gasteiger partial charge < -0.3 is 24.6 Å². The van der Waals surface area contributed by atoms with Gasteiger partial charge in [0, 0.05) is 57.8 Å². The maximum atomic E-state index is 13.3. The van der Waals surface area contributed by atoms with Crippen molar-refractivity contribution < 1.29 is 14.3 Å². The summed E-state index contributed by atoms with van der Waals surface area (Å²) in [6.45, 7) is 7.01. The van der Waals surface area contributed by atoms with E-state index < -0.39 is 0 Å². The first-order valence-corrected chi connectivity index (χ1v) is 14.9. The van der Waals surface area contributed by atoms with Gasteiger partial charge >= 0.3 is 0 Å². The smallest absolute Gasteiger partial charge is 0.227 e. The maximum Gasteiger partial charge on any atom is 0.227 e. The highest BCUT2D eigenvalue weighted by Crippen LogP contribution is 2.35. The Labute approximate surface area is 244 Å². The number of rotatable bonds is 12. The molecule has 1 fully saturated rings. The van der Waals surface area contributed by atoms with Gasteiger partial charge in [-0.2, -0.15) is 5.10 Å². The van der Waals surface area contributed by atoms with E-state index >= 15 is 0 Å². The molecule has 0 aliphatic carbocycles. The molecule has 9 heteroatoms. The van der Waals surface area contributed by atoms with Crippen LogP contribution >= 0.6 is 0 Å². The van der Waals surface area contributed by atoms with Crippen molar-refractivity contribution in [3.8, 4) is 11.5 Å². The van der Waals surface area contributed by atoms with Crippen LogP contribution in [0.5, 0.6) is 11.5 Å². The molecule has 1 N–H and O–H groups in total. The fourth-order valence-electron chi connectivity index (χ4n) is 5.84. The van der Waals surface area contributed by atoms with Gasteiger partial charge in [-0.15, -0.1) is 0 Å². The van der Waals surface area contributed by atoms with Crippen LogP contribution in [0.3, 0.4) is 0 Å². The highest BCUT2D eigenvalue weighted by atomic mass is 16.5. The van der Waals surface area contributed by atoms with Gasteiger partial charge in [-0.25, -0.2) is 0 Å². The summed E-state index contributed by atoms with van der Waals surface area (Å²) in [5.41, 5.74) is 4.16. The molecule has 2 aliphatic heterocycles. The quantitative estimate of drug-likeness (QED) is 0.306. The van der Waals surface area contributed by atoms with Gasteiger partial charge in [0.1, 0.15) is 17.3 Å². The zero-order chi connectivity index (χ0) is 28.6. The number of hydrogen-bond donors (Lipinski definition) is 1. The molecular weight excluding hydrogens is 516 g/mol. The molecule has 220 valence electrons. The molecule has 9 nitrogen and oxygen atoms in total. The molecule has 0 spiro atoms. The summed E-state index contributed by atoms with van der Waals surface area (Å²) >= 11 is 0. The molecule has 2 aromatic carbocycles. The minimum Gasteiger partial charge on any atom is -0.497 e. The molecule has 1 amide bonds. The van der Waals surface area contributed by atoms with Crippen LogP contribution in [0.1, 0.15) is 49.7 Å². The molecule has 1 saturated heterocycles. The number of amides is 1. The van der Waals surface area contributed by atoms with Crippen LogP contribution in [-0.4, -0.2) is 72.4 Å². The van der Waals surface area contributed by atoms with Crippen molar-refractivity contribution in [3.63, 3.8) is 0 Å². The lowest BCUT2D eigenvalue weighted by molar-refractivity contribution is -0.118. The first-order valence-electron chi connectivity index (χ1n) is 14.9.